The highest BCUT2D eigenvalue weighted by atomic mass is 19.1. The lowest BCUT2D eigenvalue weighted by Crippen LogP contribution is -2.37. The Morgan fingerprint density at radius 3 is 3.00 bits per heavy atom. The van der Waals surface area contributed by atoms with Gasteiger partial charge in [-0.25, -0.2) is 4.39 Å². The molecule has 1 heterocycles. The number of hydrogen-bond donors (Lipinski definition) is 2. The van der Waals surface area contributed by atoms with E-state index >= 15 is 0 Å². The van der Waals surface area contributed by atoms with Crippen molar-refractivity contribution in [2.75, 3.05) is 26.2 Å². The lowest BCUT2D eigenvalue weighted by Gasteiger charge is -2.32. The first-order chi connectivity index (χ1) is 9.19. The van der Waals surface area contributed by atoms with E-state index in [1.807, 2.05) is 0 Å². The first-order valence-electron chi connectivity index (χ1n) is 6.96. The summed E-state index contributed by atoms with van der Waals surface area (Å²) >= 11 is 0. The van der Waals surface area contributed by atoms with Crippen LogP contribution in [-0.2, 0) is 0 Å². The van der Waals surface area contributed by atoms with Crippen LogP contribution in [0.15, 0.2) is 24.3 Å². The standard InChI is InChI=1S/C15H22FNO2/c16-14-5-1-4-13(9-14)15(19)6-8-17-7-2-3-12(10-17)11-18/h1,4-5,9,12,15,18-19H,2-3,6-8,10-11H2. The molecule has 106 valence electrons. The molecule has 0 saturated carbocycles. The molecular weight excluding hydrogens is 245 g/mol. The normalized spacial score (nSPS) is 22.4. The van der Waals surface area contributed by atoms with E-state index in [1.165, 1.54) is 12.1 Å². The molecule has 3 nitrogen and oxygen atoms in total. The van der Waals surface area contributed by atoms with Crippen molar-refractivity contribution >= 4 is 0 Å². The summed E-state index contributed by atoms with van der Waals surface area (Å²) < 4.78 is 13.1. The first-order valence-corrected chi connectivity index (χ1v) is 6.96. The highest BCUT2D eigenvalue weighted by Crippen LogP contribution is 2.20. The summed E-state index contributed by atoms with van der Waals surface area (Å²) in [5, 5.41) is 19.2. The van der Waals surface area contributed by atoms with Crippen LogP contribution in [0.3, 0.4) is 0 Å². The molecule has 2 atom stereocenters. The Hall–Kier alpha value is -0.970. The van der Waals surface area contributed by atoms with Crippen LogP contribution in [0, 0.1) is 11.7 Å². The summed E-state index contributed by atoms with van der Waals surface area (Å²) in [6, 6.07) is 6.14. The van der Waals surface area contributed by atoms with Crippen molar-refractivity contribution < 1.29 is 14.6 Å². The van der Waals surface area contributed by atoms with Crippen molar-refractivity contribution in [3.8, 4) is 0 Å². The number of aliphatic hydroxyl groups is 2. The fourth-order valence-electron chi connectivity index (χ4n) is 2.69. The zero-order valence-corrected chi connectivity index (χ0v) is 11.1. The van der Waals surface area contributed by atoms with Crippen LogP contribution in [0.2, 0.25) is 0 Å². The molecule has 19 heavy (non-hydrogen) atoms. The molecule has 4 heteroatoms. The Bertz CT molecular complexity index is 399. The van der Waals surface area contributed by atoms with Crippen LogP contribution in [0.25, 0.3) is 0 Å². The molecule has 0 amide bonds. The molecule has 0 radical (unpaired) electrons. The van der Waals surface area contributed by atoms with Crippen LogP contribution < -0.4 is 0 Å². The first kappa shape index (κ1) is 14.4. The van der Waals surface area contributed by atoms with E-state index < -0.39 is 6.10 Å². The van der Waals surface area contributed by atoms with Gasteiger partial charge in [0.15, 0.2) is 0 Å². The van der Waals surface area contributed by atoms with Crippen molar-refractivity contribution in [2.24, 2.45) is 5.92 Å². The number of rotatable bonds is 5. The molecule has 2 rings (SSSR count). The number of halogens is 1. The minimum atomic E-state index is -0.620. The summed E-state index contributed by atoms with van der Waals surface area (Å²) in [4.78, 5) is 2.27. The molecular formula is C15H22FNO2. The monoisotopic (exact) mass is 267 g/mol. The lowest BCUT2D eigenvalue weighted by atomic mass is 9.98. The van der Waals surface area contributed by atoms with Gasteiger partial charge in [-0.2, -0.15) is 0 Å². The van der Waals surface area contributed by atoms with E-state index in [1.54, 1.807) is 12.1 Å². The molecule has 1 aromatic carbocycles. The fraction of sp³-hybridized carbons (Fsp3) is 0.600. The number of aliphatic hydroxyl groups excluding tert-OH is 2. The lowest BCUT2D eigenvalue weighted by molar-refractivity contribution is 0.0961. The molecule has 2 N–H and O–H groups in total. The third kappa shape index (κ3) is 4.27. The van der Waals surface area contributed by atoms with Gasteiger partial charge in [0.25, 0.3) is 0 Å². The predicted molar refractivity (Wildman–Crippen MR) is 72.2 cm³/mol. The van der Waals surface area contributed by atoms with Gasteiger partial charge in [-0.1, -0.05) is 12.1 Å². The molecule has 1 aliphatic rings. The second kappa shape index (κ2) is 6.98. The molecule has 1 aliphatic heterocycles. The smallest absolute Gasteiger partial charge is 0.123 e. The number of benzene rings is 1. The highest BCUT2D eigenvalue weighted by molar-refractivity contribution is 5.18. The zero-order valence-electron chi connectivity index (χ0n) is 11.1. The van der Waals surface area contributed by atoms with Crippen molar-refractivity contribution in [1.29, 1.82) is 0 Å². The maximum atomic E-state index is 13.1. The summed E-state index contributed by atoms with van der Waals surface area (Å²) in [6.45, 7) is 2.94. The van der Waals surface area contributed by atoms with E-state index in [-0.39, 0.29) is 12.4 Å². The van der Waals surface area contributed by atoms with Crippen LogP contribution in [0.1, 0.15) is 30.9 Å². The van der Waals surface area contributed by atoms with E-state index in [9.17, 15) is 14.6 Å². The Labute approximate surface area is 113 Å². The Kier molecular flexibility index (Phi) is 5.31. The topological polar surface area (TPSA) is 43.7 Å². The van der Waals surface area contributed by atoms with Gasteiger partial charge in [-0.05, 0) is 49.4 Å². The quantitative estimate of drug-likeness (QED) is 0.857. The minimum Gasteiger partial charge on any atom is -0.396 e. The van der Waals surface area contributed by atoms with Gasteiger partial charge in [0, 0.05) is 19.7 Å². The van der Waals surface area contributed by atoms with Gasteiger partial charge in [0.05, 0.1) is 6.10 Å². The maximum Gasteiger partial charge on any atom is 0.123 e. The summed E-state index contributed by atoms with van der Waals surface area (Å²) in [6.07, 6.45) is 2.16. The summed E-state index contributed by atoms with van der Waals surface area (Å²) in [5.41, 5.74) is 0.635. The predicted octanol–water partition coefficient (Wildman–Crippen LogP) is 1.95. The molecule has 0 spiro atoms. The van der Waals surface area contributed by atoms with Gasteiger partial charge in [0.1, 0.15) is 5.82 Å². The second-order valence-corrected chi connectivity index (χ2v) is 5.35. The Morgan fingerprint density at radius 1 is 1.42 bits per heavy atom. The molecule has 1 saturated heterocycles. The number of likely N-dealkylation sites (tertiary alicyclic amines) is 1. The zero-order chi connectivity index (χ0) is 13.7. The number of nitrogens with zero attached hydrogens (tertiary/aromatic N) is 1. The van der Waals surface area contributed by atoms with Gasteiger partial charge in [-0.3, -0.25) is 0 Å². The molecule has 0 bridgehead atoms. The second-order valence-electron chi connectivity index (χ2n) is 5.35. The fourth-order valence-corrected chi connectivity index (χ4v) is 2.69. The minimum absolute atomic E-state index is 0.239. The average Bonchev–Trinajstić information content (AvgIpc) is 2.45. The molecule has 0 aliphatic carbocycles. The van der Waals surface area contributed by atoms with Crippen molar-refractivity contribution in [3.05, 3.63) is 35.6 Å². The van der Waals surface area contributed by atoms with Crippen molar-refractivity contribution in [2.45, 2.75) is 25.4 Å². The third-order valence-electron chi connectivity index (χ3n) is 3.81. The SMILES string of the molecule is OCC1CCCN(CCC(O)c2cccc(F)c2)C1. The number of hydrogen-bond acceptors (Lipinski definition) is 3. The van der Waals surface area contributed by atoms with E-state index in [2.05, 4.69) is 4.90 Å². The van der Waals surface area contributed by atoms with Crippen molar-refractivity contribution in [1.82, 2.24) is 4.90 Å². The van der Waals surface area contributed by atoms with Gasteiger partial charge >= 0.3 is 0 Å². The molecule has 1 fully saturated rings. The van der Waals surface area contributed by atoms with Gasteiger partial charge in [-0.15, -0.1) is 0 Å². The Balaban J connectivity index is 1.81. The van der Waals surface area contributed by atoms with E-state index in [0.29, 0.717) is 17.9 Å². The van der Waals surface area contributed by atoms with Crippen LogP contribution in [-0.4, -0.2) is 41.4 Å². The summed E-state index contributed by atoms with van der Waals surface area (Å²) in [7, 11) is 0. The third-order valence-corrected chi connectivity index (χ3v) is 3.81. The van der Waals surface area contributed by atoms with E-state index in [4.69, 9.17) is 0 Å². The largest absolute Gasteiger partial charge is 0.396 e. The van der Waals surface area contributed by atoms with Gasteiger partial charge < -0.3 is 15.1 Å². The molecule has 1 aromatic rings. The molecule has 2 unspecified atom stereocenters. The van der Waals surface area contributed by atoms with Crippen LogP contribution in [0.4, 0.5) is 4.39 Å². The summed E-state index contributed by atoms with van der Waals surface area (Å²) in [5.74, 6) is 0.0509. The number of piperidine rings is 1. The highest BCUT2D eigenvalue weighted by Gasteiger charge is 2.19. The van der Waals surface area contributed by atoms with Crippen LogP contribution in [0.5, 0.6) is 0 Å². The van der Waals surface area contributed by atoms with Crippen molar-refractivity contribution in [3.63, 3.8) is 0 Å². The molecule has 0 aromatic heterocycles. The van der Waals surface area contributed by atoms with E-state index in [0.717, 1.165) is 32.5 Å². The average molecular weight is 267 g/mol. The Morgan fingerprint density at radius 2 is 2.26 bits per heavy atom. The maximum absolute atomic E-state index is 13.1. The van der Waals surface area contributed by atoms with Gasteiger partial charge in [0.2, 0.25) is 0 Å². The van der Waals surface area contributed by atoms with Crippen LogP contribution >= 0.6 is 0 Å².